The number of allylic oxidation sites excluding steroid dienone is 1. The molecule has 3 aromatic rings. The summed E-state index contributed by atoms with van der Waals surface area (Å²) in [7, 11) is 2.60. The molecule has 1 saturated heterocycles. The summed E-state index contributed by atoms with van der Waals surface area (Å²) in [4.78, 5) is 2.98. The zero-order valence-electron chi connectivity index (χ0n) is 38.3. The summed E-state index contributed by atoms with van der Waals surface area (Å²) in [5.74, 6) is 32.0. The molecule has 0 amide bonds. The number of nitrogens with zero attached hydrogens (tertiary/aromatic N) is 1. The van der Waals surface area contributed by atoms with Gasteiger partial charge in [0.25, 0.3) is 0 Å². The minimum atomic E-state index is 0.356. The third-order valence-corrected chi connectivity index (χ3v) is 27.4. The van der Waals surface area contributed by atoms with E-state index in [2.05, 4.69) is 102 Å². The molecule has 1 aliphatic heterocycles. The monoisotopic (exact) mass is 858 g/mol. The Morgan fingerprint density at radius 2 is 1.00 bits per heavy atom. The normalized spacial score (nSPS) is 60.0. The zero-order chi connectivity index (χ0) is 41.2. The van der Waals surface area contributed by atoms with E-state index in [4.69, 9.17) is 9.47 Å². The van der Waals surface area contributed by atoms with Crippen LogP contribution in [0.25, 0.3) is 0 Å². The minimum absolute atomic E-state index is 0.356. The minimum Gasteiger partial charge on any atom is -0.485 e. The van der Waals surface area contributed by atoms with Gasteiger partial charge in [-0.25, -0.2) is 0 Å². The van der Waals surface area contributed by atoms with E-state index in [9.17, 15) is 0 Å². The van der Waals surface area contributed by atoms with Crippen LogP contribution in [0.2, 0.25) is 0 Å². The molecule has 30 atom stereocenters. The Hall–Kier alpha value is -3.04. The molecule has 20 rings (SSSR count). The van der Waals surface area contributed by atoms with Crippen LogP contribution >= 0.6 is 0 Å². The van der Waals surface area contributed by atoms with Gasteiger partial charge in [-0.1, -0.05) is 77.9 Å². The quantitative estimate of drug-likeness (QED) is 0.221. The van der Waals surface area contributed by atoms with Crippen LogP contribution in [0.5, 0.6) is 11.5 Å². The predicted molar refractivity (Wildman–Crippen MR) is 247 cm³/mol. The van der Waals surface area contributed by atoms with E-state index in [1.165, 1.54) is 54.2 Å². The van der Waals surface area contributed by atoms with Crippen molar-refractivity contribution in [3.63, 3.8) is 0 Å². The molecule has 3 heteroatoms. The van der Waals surface area contributed by atoms with E-state index in [1.54, 1.807) is 44.1 Å². The molecule has 14 saturated carbocycles. The SMILES string of the molecule is CN1CC2C3=C4C5C6C(C3)CC3CC7CC8CC9CC%10CC%11CC2(C2C4C4C5C5C(C36)C7C3C8C9C6C%10C(C4C6C35)C%112)C1c1ccc(OCc2ccccc2)c(OCc2ccccc2)c1. The smallest absolute Gasteiger partial charge is 0.162 e. The highest BCUT2D eigenvalue weighted by atomic mass is 16.5. The summed E-state index contributed by atoms with van der Waals surface area (Å²) in [5.41, 5.74) is 8.78. The van der Waals surface area contributed by atoms with Crippen LogP contribution in [0, 0.1) is 171 Å². The van der Waals surface area contributed by atoms with Gasteiger partial charge in [-0.3, -0.25) is 4.90 Å². The second kappa shape index (κ2) is 11.2. The molecule has 1 spiro atoms. The van der Waals surface area contributed by atoms with Crippen molar-refractivity contribution in [1.29, 1.82) is 0 Å². The van der Waals surface area contributed by atoms with Gasteiger partial charge in [0.1, 0.15) is 13.2 Å². The molecule has 0 N–H and O–H groups in total. The van der Waals surface area contributed by atoms with Gasteiger partial charge < -0.3 is 9.47 Å². The van der Waals surface area contributed by atoms with Crippen molar-refractivity contribution in [2.45, 2.75) is 70.6 Å². The van der Waals surface area contributed by atoms with Crippen LogP contribution < -0.4 is 9.47 Å². The first kappa shape index (κ1) is 35.1. The molecule has 16 aliphatic carbocycles. The van der Waals surface area contributed by atoms with Crippen LogP contribution in [0.3, 0.4) is 0 Å². The highest BCUT2D eigenvalue weighted by Crippen LogP contribution is 2.93. The second-order valence-electron chi connectivity index (χ2n) is 27.8. The van der Waals surface area contributed by atoms with Gasteiger partial charge in [0.2, 0.25) is 0 Å². The highest BCUT2D eigenvalue weighted by Gasteiger charge is 2.89. The van der Waals surface area contributed by atoms with Crippen molar-refractivity contribution in [2.24, 2.45) is 171 Å². The maximum Gasteiger partial charge on any atom is 0.162 e. The van der Waals surface area contributed by atoms with E-state index in [1.807, 2.05) is 0 Å². The van der Waals surface area contributed by atoms with Gasteiger partial charge in [0.15, 0.2) is 11.5 Å². The molecule has 1 heterocycles. The fraction of sp³-hybridized carbons (Fsp3) is 0.677. The lowest BCUT2D eigenvalue weighted by atomic mass is 9.41. The van der Waals surface area contributed by atoms with Crippen molar-refractivity contribution in [2.75, 3.05) is 13.6 Å². The largest absolute Gasteiger partial charge is 0.485 e. The molecule has 0 bridgehead atoms. The van der Waals surface area contributed by atoms with E-state index in [0.29, 0.717) is 24.7 Å². The molecular weight excluding hydrogens is 791 g/mol. The highest BCUT2D eigenvalue weighted by molar-refractivity contribution is 5.51. The van der Waals surface area contributed by atoms with Crippen LogP contribution in [0.1, 0.15) is 74.1 Å². The summed E-state index contributed by atoms with van der Waals surface area (Å²) in [6, 6.07) is 29.5. The van der Waals surface area contributed by atoms with Gasteiger partial charge in [-0.2, -0.15) is 0 Å². The fourth-order valence-electron chi connectivity index (χ4n) is 28.3. The van der Waals surface area contributed by atoms with Gasteiger partial charge >= 0.3 is 0 Å². The Kier molecular flexibility index (Phi) is 6.05. The van der Waals surface area contributed by atoms with Crippen LogP contribution in [0.4, 0.5) is 0 Å². The summed E-state index contributed by atoms with van der Waals surface area (Å²) in [6.45, 7) is 2.44. The molecule has 3 nitrogen and oxygen atoms in total. The molecule has 332 valence electrons. The molecule has 30 unspecified atom stereocenters. The predicted octanol–water partition coefficient (Wildman–Crippen LogP) is 11.7. The van der Waals surface area contributed by atoms with Gasteiger partial charge in [0.05, 0.1) is 0 Å². The van der Waals surface area contributed by atoms with Gasteiger partial charge in [-0.05, 0) is 247 Å². The van der Waals surface area contributed by atoms with Crippen LogP contribution in [-0.2, 0) is 13.2 Å². The van der Waals surface area contributed by atoms with E-state index in [0.717, 1.165) is 154 Å². The number of hydrogen-bond donors (Lipinski definition) is 0. The Morgan fingerprint density at radius 3 is 1.65 bits per heavy atom. The molecule has 0 radical (unpaired) electrons. The summed E-state index contributed by atoms with van der Waals surface area (Å²) in [6.07, 6.45) is 13.0. The summed E-state index contributed by atoms with van der Waals surface area (Å²) < 4.78 is 13.7. The number of fused-ring (bicyclic) bond motifs is 1. The molecule has 3 aromatic carbocycles. The van der Waals surface area contributed by atoms with Crippen molar-refractivity contribution in [3.05, 3.63) is 107 Å². The first-order valence-electron chi connectivity index (χ1n) is 28.0. The standard InChI is InChI=1S/C62H67NO2/c1-63-23-37-36-20-34-18-31-16-32-15-29-14-30-17-33-19-35-22-62(37,61(63)28-12-13-38(64-24-26-8-4-2-5-9-26)39(21-28)65-25-27-10-6-3-7-11-27)60-46(35)51-45(33)50-41(30)40(29)48-44(32)49-42(31)43(34)52-47(36)59(60)58-56(51)54(50)53(48)55(49)57(52)58/h2-13,21,29-35,37,40-46,48-61H,14-20,22-25H2,1H3. The van der Waals surface area contributed by atoms with Crippen molar-refractivity contribution < 1.29 is 9.47 Å². The molecule has 65 heavy (non-hydrogen) atoms. The molecule has 17 aliphatic rings. The fourth-order valence-corrected chi connectivity index (χ4v) is 28.3. The average molecular weight is 858 g/mol. The summed E-state index contributed by atoms with van der Waals surface area (Å²) in [5, 5.41) is 0. The Labute approximate surface area is 386 Å². The maximum absolute atomic E-state index is 6.97. The van der Waals surface area contributed by atoms with Crippen LogP contribution in [-0.4, -0.2) is 18.5 Å². The van der Waals surface area contributed by atoms with Crippen LogP contribution in [0.15, 0.2) is 90.0 Å². The first-order valence-corrected chi connectivity index (χ1v) is 28.0. The van der Waals surface area contributed by atoms with E-state index < -0.39 is 0 Å². The van der Waals surface area contributed by atoms with E-state index in [-0.39, 0.29) is 0 Å². The molecule has 0 aromatic heterocycles. The number of benzene rings is 3. The van der Waals surface area contributed by atoms with Gasteiger partial charge in [0, 0.05) is 23.9 Å². The lowest BCUT2D eigenvalue weighted by Gasteiger charge is -2.62. The Balaban J connectivity index is 0.796. The lowest BCUT2D eigenvalue weighted by Crippen LogP contribution is -2.59. The van der Waals surface area contributed by atoms with Crippen molar-refractivity contribution in [3.8, 4) is 11.5 Å². The average Bonchev–Trinajstić information content (AvgIpc) is 4.19. The van der Waals surface area contributed by atoms with E-state index >= 15 is 0 Å². The zero-order valence-corrected chi connectivity index (χ0v) is 38.3. The van der Waals surface area contributed by atoms with Crippen molar-refractivity contribution >= 4 is 0 Å². The Morgan fingerprint density at radius 1 is 0.492 bits per heavy atom. The number of hydrogen-bond acceptors (Lipinski definition) is 3. The maximum atomic E-state index is 6.97. The Bertz CT molecular complexity index is 2670. The topological polar surface area (TPSA) is 21.7 Å². The molecule has 15 fully saturated rings. The lowest BCUT2D eigenvalue weighted by molar-refractivity contribution is -0.158. The number of ether oxygens (including phenoxy) is 2. The molecular formula is C62H67NO2. The first-order chi connectivity index (χ1) is 32.1. The third-order valence-electron chi connectivity index (χ3n) is 27.4. The van der Waals surface area contributed by atoms with Gasteiger partial charge in [-0.15, -0.1) is 0 Å². The number of rotatable bonds is 7. The second-order valence-corrected chi connectivity index (χ2v) is 27.8. The third kappa shape index (κ3) is 3.59. The summed E-state index contributed by atoms with van der Waals surface area (Å²) >= 11 is 0. The van der Waals surface area contributed by atoms with Crippen molar-refractivity contribution in [1.82, 2.24) is 4.90 Å². The number of likely N-dealkylation sites (tertiary alicyclic amines) is 1.